The molecule has 0 bridgehead atoms. The maximum absolute atomic E-state index is 11.0. The summed E-state index contributed by atoms with van der Waals surface area (Å²) in [6.45, 7) is -0.812. The number of nitrogens with zero attached hydrogens (tertiary/aromatic N) is 2. The second-order valence-electron chi connectivity index (χ2n) is 3.57. The molecule has 1 aromatic heterocycles. The molecule has 0 aromatic carbocycles. The number of nitrogens with one attached hydrogen (secondary N) is 1. The Hall–Kier alpha value is -1.85. The van der Waals surface area contributed by atoms with E-state index in [1.54, 1.807) is 0 Å². The Kier molecular flexibility index (Phi) is 6.91. The number of aliphatic hydroxyl groups excluding tert-OH is 1. The maximum atomic E-state index is 11.0. The van der Waals surface area contributed by atoms with Crippen LogP contribution in [-0.2, 0) is 9.59 Å². The van der Waals surface area contributed by atoms with Gasteiger partial charge >= 0.3 is 11.7 Å². The molecule has 1 amide bonds. The van der Waals surface area contributed by atoms with Gasteiger partial charge in [0.15, 0.2) is 5.03 Å². The molecule has 0 saturated carbocycles. The lowest BCUT2D eigenvalue weighted by Gasteiger charge is -2.12. The second-order valence-corrected chi connectivity index (χ2v) is 5.90. The minimum Gasteiger partial charge on any atom is -0.480 e. The number of hydrogen-bond acceptors (Lipinski definition) is 8. The minimum atomic E-state index is -1.26. The standard InChI is InChI=1S/C10H11N3O6S2/c14-4-8(15)12-6(10(16)17)5-20-21-9-7(13(18)19)2-1-3-11-9/h1-3,6,14H,4-5H2,(H,12,15)(H,16,17). The van der Waals surface area contributed by atoms with Gasteiger partial charge in [-0.15, -0.1) is 0 Å². The van der Waals surface area contributed by atoms with Crippen molar-refractivity contribution >= 4 is 39.2 Å². The number of aliphatic hydroxyl groups is 1. The number of aromatic nitrogens is 1. The first-order chi connectivity index (χ1) is 9.95. The highest BCUT2D eigenvalue weighted by Gasteiger charge is 2.21. The molecule has 1 aromatic rings. The zero-order chi connectivity index (χ0) is 15.8. The lowest BCUT2D eigenvalue weighted by Crippen LogP contribution is -2.43. The zero-order valence-electron chi connectivity index (χ0n) is 10.5. The predicted octanol–water partition coefficient (Wildman–Crippen LogP) is 0.292. The molecule has 9 nitrogen and oxygen atoms in total. The predicted molar refractivity (Wildman–Crippen MR) is 75.9 cm³/mol. The molecule has 0 aliphatic carbocycles. The normalized spacial score (nSPS) is 11.7. The van der Waals surface area contributed by atoms with Gasteiger partial charge in [-0.1, -0.05) is 10.8 Å². The van der Waals surface area contributed by atoms with Crippen molar-refractivity contribution in [2.75, 3.05) is 12.4 Å². The summed E-state index contributed by atoms with van der Waals surface area (Å²) in [6.07, 6.45) is 1.39. The van der Waals surface area contributed by atoms with E-state index >= 15 is 0 Å². The minimum absolute atomic E-state index is 0.0422. The van der Waals surface area contributed by atoms with E-state index in [9.17, 15) is 19.7 Å². The van der Waals surface area contributed by atoms with Crippen molar-refractivity contribution < 1.29 is 24.7 Å². The fourth-order valence-electron chi connectivity index (χ4n) is 1.16. The van der Waals surface area contributed by atoms with Crippen LogP contribution in [0.1, 0.15) is 0 Å². The summed E-state index contributed by atoms with van der Waals surface area (Å²) < 4.78 is 0. The Morgan fingerprint density at radius 3 is 2.81 bits per heavy atom. The van der Waals surface area contributed by atoms with Crippen molar-refractivity contribution in [3.8, 4) is 0 Å². The van der Waals surface area contributed by atoms with Gasteiger partial charge in [-0.25, -0.2) is 9.78 Å². The van der Waals surface area contributed by atoms with Gasteiger partial charge in [-0.05, 0) is 16.9 Å². The summed E-state index contributed by atoms with van der Waals surface area (Å²) in [5, 5.41) is 30.5. The third-order valence-corrected chi connectivity index (χ3v) is 4.39. The molecular weight excluding hydrogens is 322 g/mol. The summed E-state index contributed by atoms with van der Waals surface area (Å²) in [6, 6.07) is 1.51. The molecule has 21 heavy (non-hydrogen) atoms. The van der Waals surface area contributed by atoms with Crippen LogP contribution in [0.2, 0.25) is 0 Å². The molecule has 1 atom stereocenters. The van der Waals surface area contributed by atoms with E-state index in [-0.39, 0.29) is 16.5 Å². The second kappa shape index (κ2) is 8.44. The van der Waals surface area contributed by atoms with Crippen LogP contribution in [-0.4, -0.2) is 50.4 Å². The van der Waals surface area contributed by atoms with Crippen molar-refractivity contribution in [2.45, 2.75) is 11.1 Å². The highest BCUT2D eigenvalue weighted by molar-refractivity contribution is 8.76. The first-order valence-electron chi connectivity index (χ1n) is 5.47. The van der Waals surface area contributed by atoms with Crippen LogP contribution in [0.4, 0.5) is 5.69 Å². The molecule has 114 valence electrons. The van der Waals surface area contributed by atoms with Crippen LogP contribution < -0.4 is 5.32 Å². The molecule has 1 unspecified atom stereocenters. The summed E-state index contributed by atoms with van der Waals surface area (Å²) in [5.74, 6) is -2.11. The van der Waals surface area contributed by atoms with Crippen LogP contribution in [0, 0.1) is 10.1 Å². The topological polar surface area (TPSA) is 143 Å². The van der Waals surface area contributed by atoms with Crippen LogP contribution in [0.3, 0.4) is 0 Å². The van der Waals surface area contributed by atoms with Gasteiger partial charge in [0.05, 0.1) is 4.92 Å². The Bertz CT molecular complexity index is 541. The Labute approximate surface area is 126 Å². The molecule has 0 radical (unpaired) electrons. The van der Waals surface area contributed by atoms with E-state index in [1.807, 2.05) is 0 Å². The molecule has 1 heterocycles. The van der Waals surface area contributed by atoms with Gasteiger partial charge in [0.1, 0.15) is 12.6 Å². The molecule has 11 heteroatoms. The fourth-order valence-corrected chi connectivity index (χ4v) is 3.36. The van der Waals surface area contributed by atoms with Gasteiger partial charge in [-0.2, -0.15) is 0 Å². The summed E-state index contributed by atoms with van der Waals surface area (Å²) in [7, 11) is 1.94. The lowest BCUT2D eigenvalue weighted by atomic mass is 10.3. The van der Waals surface area contributed by atoms with Crippen molar-refractivity contribution in [1.82, 2.24) is 10.3 Å². The van der Waals surface area contributed by atoms with E-state index in [2.05, 4.69) is 10.3 Å². The molecule has 0 spiro atoms. The van der Waals surface area contributed by atoms with Crippen molar-refractivity contribution in [2.24, 2.45) is 0 Å². The van der Waals surface area contributed by atoms with Crippen LogP contribution in [0.5, 0.6) is 0 Å². The number of hydrogen-bond donors (Lipinski definition) is 3. The number of nitro groups is 1. The first-order valence-corrected chi connectivity index (χ1v) is 7.79. The van der Waals surface area contributed by atoms with E-state index in [4.69, 9.17) is 10.2 Å². The molecule has 0 saturated heterocycles. The Morgan fingerprint density at radius 1 is 1.52 bits per heavy atom. The van der Waals surface area contributed by atoms with Crippen molar-refractivity contribution in [1.29, 1.82) is 0 Å². The van der Waals surface area contributed by atoms with Gasteiger partial charge in [-0.3, -0.25) is 14.9 Å². The average molecular weight is 333 g/mol. The number of aliphatic carboxylic acids is 1. The zero-order valence-corrected chi connectivity index (χ0v) is 12.1. The van der Waals surface area contributed by atoms with Crippen LogP contribution in [0.25, 0.3) is 0 Å². The number of carboxylic acid groups (broad SMARTS) is 1. The van der Waals surface area contributed by atoms with Crippen LogP contribution >= 0.6 is 21.6 Å². The summed E-state index contributed by atoms with van der Waals surface area (Å²) in [5.41, 5.74) is -0.179. The molecule has 0 aliphatic rings. The number of rotatable bonds is 8. The number of amides is 1. The number of pyridine rings is 1. The third-order valence-electron chi connectivity index (χ3n) is 2.10. The Balaban J connectivity index is 2.60. The largest absolute Gasteiger partial charge is 0.480 e. The third kappa shape index (κ3) is 5.57. The van der Waals surface area contributed by atoms with E-state index in [0.29, 0.717) is 0 Å². The van der Waals surface area contributed by atoms with Gasteiger partial charge in [0, 0.05) is 18.0 Å². The molecule has 0 aliphatic heterocycles. The van der Waals surface area contributed by atoms with E-state index in [0.717, 1.165) is 21.6 Å². The summed E-state index contributed by atoms with van der Waals surface area (Å²) in [4.78, 5) is 35.9. The Morgan fingerprint density at radius 2 is 2.24 bits per heavy atom. The number of carboxylic acids is 1. The van der Waals surface area contributed by atoms with Gasteiger partial charge in [0.25, 0.3) is 0 Å². The van der Waals surface area contributed by atoms with E-state index in [1.165, 1.54) is 18.3 Å². The maximum Gasteiger partial charge on any atom is 0.327 e. The van der Waals surface area contributed by atoms with Crippen LogP contribution in [0.15, 0.2) is 23.4 Å². The van der Waals surface area contributed by atoms with Gasteiger partial charge in [0.2, 0.25) is 5.91 Å². The van der Waals surface area contributed by atoms with Crippen molar-refractivity contribution in [3.05, 3.63) is 28.4 Å². The van der Waals surface area contributed by atoms with Crippen molar-refractivity contribution in [3.63, 3.8) is 0 Å². The quantitative estimate of drug-likeness (QED) is 0.347. The molecular formula is C10H11N3O6S2. The highest BCUT2D eigenvalue weighted by Crippen LogP contribution is 2.35. The number of carbonyl (C=O) groups excluding carboxylic acids is 1. The smallest absolute Gasteiger partial charge is 0.327 e. The SMILES string of the molecule is O=C(CO)NC(CSSc1ncccc1[N+](=O)[O-])C(=O)O. The molecule has 3 N–H and O–H groups in total. The highest BCUT2D eigenvalue weighted by atomic mass is 33.1. The van der Waals surface area contributed by atoms with E-state index < -0.39 is 29.4 Å². The van der Waals surface area contributed by atoms with Gasteiger partial charge < -0.3 is 15.5 Å². The number of carbonyl (C=O) groups is 2. The average Bonchev–Trinajstić information content (AvgIpc) is 2.46. The monoisotopic (exact) mass is 333 g/mol. The molecule has 0 fully saturated rings. The summed E-state index contributed by atoms with van der Waals surface area (Å²) >= 11 is 0. The lowest BCUT2D eigenvalue weighted by molar-refractivity contribution is -0.388. The fraction of sp³-hybridized carbons (Fsp3) is 0.300. The molecule has 1 rings (SSSR count). The first kappa shape index (κ1) is 17.2.